The Hall–Kier alpha value is -1.11. The van der Waals surface area contributed by atoms with Crippen molar-refractivity contribution in [3.8, 4) is 12.0 Å². The van der Waals surface area contributed by atoms with E-state index in [0.29, 0.717) is 11.9 Å². The van der Waals surface area contributed by atoms with Gasteiger partial charge in [0.1, 0.15) is 0 Å². The molecule has 1 aromatic heterocycles. The summed E-state index contributed by atoms with van der Waals surface area (Å²) in [4.78, 5) is 12.1. The molecule has 2 atom stereocenters. The standard InChI is InChI=1S/C10H17BrN4O2/c1-6(5-11)7(2)12-8-13-9(16-3)15-10(14-8)17-4/h6-7H,5H2,1-4H3,(H,12,13,14,15). The molecule has 2 unspecified atom stereocenters. The summed E-state index contributed by atoms with van der Waals surface area (Å²) in [6, 6.07) is 0.697. The van der Waals surface area contributed by atoms with Crippen molar-refractivity contribution in [2.24, 2.45) is 5.92 Å². The molecule has 1 N–H and O–H groups in total. The third-order valence-corrected chi connectivity index (χ3v) is 3.43. The van der Waals surface area contributed by atoms with Crippen LogP contribution in [0.4, 0.5) is 5.95 Å². The van der Waals surface area contributed by atoms with Gasteiger partial charge in [0.25, 0.3) is 0 Å². The molecule has 0 aliphatic rings. The summed E-state index contributed by atoms with van der Waals surface area (Å²) in [5, 5.41) is 4.09. The molecule has 0 saturated carbocycles. The Bertz CT molecular complexity index is 342. The molecule has 1 rings (SSSR count). The predicted octanol–water partition coefficient (Wildman–Crippen LogP) is 1.72. The van der Waals surface area contributed by atoms with E-state index in [4.69, 9.17) is 9.47 Å². The van der Waals surface area contributed by atoms with E-state index >= 15 is 0 Å². The molecule has 0 radical (unpaired) electrons. The molecule has 6 nitrogen and oxygen atoms in total. The van der Waals surface area contributed by atoms with Gasteiger partial charge >= 0.3 is 12.0 Å². The average Bonchev–Trinajstić information content (AvgIpc) is 2.36. The largest absolute Gasteiger partial charge is 0.467 e. The van der Waals surface area contributed by atoms with Crippen molar-refractivity contribution in [2.45, 2.75) is 19.9 Å². The van der Waals surface area contributed by atoms with E-state index in [0.717, 1.165) is 5.33 Å². The first-order chi connectivity index (χ1) is 8.10. The van der Waals surface area contributed by atoms with E-state index in [1.54, 1.807) is 0 Å². The SMILES string of the molecule is COc1nc(NC(C)C(C)CBr)nc(OC)n1. The molecule has 0 aromatic carbocycles. The smallest absolute Gasteiger partial charge is 0.324 e. The van der Waals surface area contributed by atoms with Crippen LogP contribution in [-0.2, 0) is 0 Å². The number of ether oxygens (including phenoxy) is 2. The summed E-state index contributed by atoms with van der Waals surface area (Å²) in [7, 11) is 3.01. The molecule has 96 valence electrons. The van der Waals surface area contributed by atoms with E-state index in [-0.39, 0.29) is 18.1 Å². The van der Waals surface area contributed by atoms with Gasteiger partial charge in [-0.25, -0.2) is 0 Å². The van der Waals surface area contributed by atoms with Crippen LogP contribution in [0.1, 0.15) is 13.8 Å². The number of nitrogens with one attached hydrogen (secondary N) is 1. The Labute approximate surface area is 109 Å². The molecule has 17 heavy (non-hydrogen) atoms. The molecule has 0 aliphatic carbocycles. The van der Waals surface area contributed by atoms with Gasteiger partial charge in [-0.15, -0.1) is 4.98 Å². The van der Waals surface area contributed by atoms with Crippen molar-refractivity contribution < 1.29 is 9.47 Å². The highest BCUT2D eigenvalue weighted by Crippen LogP contribution is 2.15. The zero-order chi connectivity index (χ0) is 12.8. The van der Waals surface area contributed by atoms with E-state index in [1.807, 2.05) is 0 Å². The third kappa shape index (κ3) is 3.99. The van der Waals surface area contributed by atoms with Gasteiger partial charge in [0.05, 0.1) is 14.2 Å². The minimum Gasteiger partial charge on any atom is -0.467 e. The maximum atomic E-state index is 4.97. The second-order valence-electron chi connectivity index (χ2n) is 3.70. The lowest BCUT2D eigenvalue weighted by molar-refractivity contribution is 0.340. The fourth-order valence-corrected chi connectivity index (χ4v) is 1.63. The Morgan fingerprint density at radius 2 is 1.65 bits per heavy atom. The van der Waals surface area contributed by atoms with E-state index in [1.165, 1.54) is 14.2 Å². The van der Waals surface area contributed by atoms with Gasteiger partial charge in [-0.3, -0.25) is 0 Å². The Balaban J connectivity index is 2.82. The second kappa shape index (κ2) is 6.58. The topological polar surface area (TPSA) is 69.2 Å². The molecule has 0 amide bonds. The number of halogens is 1. The van der Waals surface area contributed by atoms with Crippen LogP contribution in [0.25, 0.3) is 0 Å². The highest BCUT2D eigenvalue weighted by atomic mass is 79.9. The number of hydrogen-bond donors (Lipinski definition) is 1. The minimum absolute atomic E-state index is 0.228. The van der Waals surface area contributed by atoms with Crippen LogP contribution in [-0.4, -0.2) is 40.5 Å². The van der Waals surface area contributed by atoms with E-state index in [9.17, 15) is 0 Å². The number of methoxy groups -OCH3 is 2. The number of alkyl halides is 1. The van der Waals surface area contributed by atoms with Crippen LogP contribution in [0.2, 0.25) is 0 Å². The van der Waals surface area contributed by atoms with Crippen LogP contribution < -0.4 is 14.8 Å². The second-order valence-corrected chi connectivity index (χ2v) is 4.34. The molecule has 1 aromatic rings. The predicted molar refractivity (Wildman–Crippen MR) is 69.0 cm³/mol. The average molecular weight is 305 g/mol. The highest BCUT2D eigenvalue weighted by Gasteiger charge is 2.14. The zero-order valence-electron chi connectivity index (χ0n) is 10.4. The van der Waals surface area contributed by atoms with Crippen molar-refractivity contribution in [3.05, 3.63) is 0 Å². The first-order valence-corrected chi connectivity index (χ1v) is 6.39. The van der Waals surface area contributed by atoms with Gasteiger partial charge in [-0.2, -0.15) is 9.97 Å². The first-order valence-electron chi connectivity index (χ1n) is 5.27. The summed E-state index contributed by atoms with van der Waals surface area (Å²) in [5.74, 6) is 0.901. The van der Waals surface area contributed by atoms with Crippen molar-refractivity contribution in [1.29, 1.82) is 0 Å². The molecule has 1 heterocycles. The maximum Gasteiger partial charge on any atom is 0.324 e. The molecule has 0 spiro atoms. The molecule has 7 heteroatoms. The van der Waals surface area contributed by atoms with Gasteiger partial charge in [0, 0.05) is 11.4 Å². The van der Waals surface area contributed by atoms with Crippen LogP contribution in [0, 0.1) is 5.92 Å². The number of rotatable bonds is 6. The molecule has 0 aliphatic heterocycles. The summed E-state index contributed by atoms with van der Waals surface area (Å²) < 4.78 is 9.95. The van der Waals surface area contributed by atoms with Crippen LogP contribution in [0.15, 0.2) is 0 Å². The summed E-state index contributed by atoms with van der Waals surface area (Å²) in [5.41, 5.74) is 0. The molecular weight excluding hydrogens is 288 g/mol. The lowest BCUT2D eigenvalue weighted by atomic mass is 10.1. The molecular formula is C10H17BrN4O2. The molecule has 0 fully saturated rings. The number of aromatic nitrogens is 3. The monoisotopic (exact) mass is 304 g/mol. The Morgan fingerprint density at radius 3 is 2.06 bits per heavy atom. The van der Waals surface area contributed by atoms with Crippen molar-refractivity contribution in [3.63, 3.8) is 0 Å². The molecule has 0 bridgehead atoms. The van der Waals surface area contributed by atoms with Gasteiger partial charge in [0.2, 0.25) is 5.95 Å². The van der Waals surface area contributed by atoms with E-state index < -0.39 is 0 Å². The van der Waals surface area contributed by atoms with E-state index in [2.05, 4.69) is 50.0 Å². The normalized spacial score (nSPS) is 13.9. The van der Waals surface area contributed by atoms with Gasteiger partial charge in [0.15, 0.2) is 0 Å². The van der Waals surface area contributed by atoms with Gasteiger partial charge in [-0.05, 0) is 12.8 Å². The fourth-order valence-electron chi connectivity index (χ4n) is 1.06. The van der Waals surface area contributed by atoms with Crippen molar-refractivity contribution >= 4 is 21.9 Å². The molecule has 0 saturated heterocycles. The van der Waals surface area contributed by atoms with Gasteiger partial charge < -0.3 is 14.8 Å². The lowest BCUT2D eigenvalue weighted by Crippen LogP contribution is -2.26. The van der Waals surface area contributed by atoms with Crippen LogP contribution in [0.3, 0.4) is 0 Å². The summed E-state index contributed by atoms with van der Waals surface area (Å²) in [6.07, 6.45) is 0. The Morgan fingerprint density at radius 1 is 1.12 bits per heavy atom. The number of anilines is 1. The number of hydrogen-bond acceptors (Lipinski definition) is 6. The third-order valence-electron chi connectivity index (χ3n) is 2.41. The van der Waals surface area contributed by atoms with Crippen molar-refractivity contribution in [2.75, 3.05) is 24.9 Å². The highest BCUT2D eigenvalue weighted by molar-refractivity contribution is 9.09. The van der Waals surface area contributed by atoms with Crippen LogP contribution in [0.5, 0.6) is 12.0 Å². The fraction of sp³-hybridized carbons (Fsp3) is 0.700. The van der Waals surface area contributed by atoms with Crippen LogP contribution >= 0.6 is 15.9 Å². The summed E-state index contributed by atoms with van der Waals surface area (Å²) in [6.45, 7) is 4.19. The van der Waals surface area contributed by atoms with Crippen molar-refractivity contribution in [1.82, 2.24) is 15.0 Å². The lowest BCUT2D eigenvalue weighted by Gasteiger charge is -2.19. The zero-order valence-corrected chi connectivity index (χ0v) is 12.0. The number of nitrogens with zero attached hydrogens (tertiary/aromatic N) is 3. The quantitative estimate of drug-likeness (QED) is 0.807. The minimum atomic E-state index is 0.228. The van der Waals surface area contributed by atoms with Gasteiger partial charge in [-0.1, -0.05) is 22.9 Å². The Kier molecular flexibility index (Phi) is 5.40. The summed E-state index contributed by atoms with van der Waals surface area (Å²) >= 11 is 3.44. The first kappa shape index (κ1) is 14.0. The maximum absolute atomic E-state index is 4.97.